The van der Waals surface area contributed by atoms with E-state index in [1.54, 1.807) is 13.1 Å². The molecule has 0 aliphatic rings. The first-order chi connectivity index (χ1) is 10.6. The average Bonchev–Trinajstić information content (AvgIpc) is 3.10. The van der Waals surface area contributed by atoms with Gasteiger partial charge < -0.3 is 14.5 Å². The average molecular weight is 319 g/mol. The third-order valence-corrected chi connectivity index (χ3v) is 4.06. The summed E-state index contributed by atoms with van der Waals surface area (Å²) in [5.41, 5.74) is 2.87. The maximum Gasteiger partial charge on any atom is 0.419 e. The number of oxazole rings is 1. The van der Waals surface area contributed by atoms with Crippen molar-refractivity contribution in [3.8, 4) is 11.3 Å². The van der Waals surface area contributed by atoms with E-state index in [1.807, 2.05) is 17.5 Å². The van der Waals surface area contributed by atoms with Crippen LogP contribution in [0.1, 0.15) is 5.01 Å². The summed E-state index contributed by atoms with van der Waals surface area (Å²) in [6, 6.07) is 5.48. The van der Waals surface area contributed by atoms with Gasteiger partial charge in [-0.25, -0.2) is 14.6 Å². The number of hydrogen-bond acceptors (Lipinski definition) is 6. The first-order valence-electron chi connectivity index (χ1n) is 6.44. The molecule has 0 fully saturated rings. The lowest BCUT2D eigenvalue weighted by Crippen LogP contribution is -2.22. The summed E-state index contributed by atoms with van der Waals surface area (Å²) in [5, 5.41) is 5.22. The Morgan fingerprint density at radius 1 is 1.50 bits per heavy atom. The fourth-order valence-corrected chi connectivity index (χ4v) is 2.78. The molecule has 0 saturated heterocycles. The minimum absolute atomic E-state index is 0.306. The molecule has 7 nitrogen and oxygen atoms in total. The quantitative estimate of drug-likeness (QED) is 0.799. The van der Waals surface area contributed by atoms with Crippen LogP contribution in [-0.4, -0.2) is 22.8 Å². The number of nitrogens with zero attached hydrogens (tertiary/aromatic N) is 2. The van der Waals surface area contributed by atoms with E-state index in [9.17, 15) is 9.59 Å². The number of carbonyl (C=O) groups excluding carboxylic acids is 1. The minimum Gasteiger partial charge on any atom is -0.453 e. The zero-order valence-electron chi connectivity index (χ0n) is 12.0. The number of rotatable bonds is 3. The highest BCUT2D eigenvalue weighted by Crippen LogP contribution is 2.25. The van der Waals surface area contributed by atoms with Crippen molar-refractivity contribution in [3.05, 3.63) is 39.1 Å². The van der Waals surface area contributed by atoms with Crippen LogP contribution in [0.3, 0.4) is 0 Å². The lowest BCUT2D eigenvalue weighted by Gasteiger charge is -2.00. The number of thiazole rings is 1. The SMILES string of the molecule is COC(=O)NCc1nc(-c2ccc3c(c2)oc(=O)n3C)cs1. The number of hydrogen-bond donors (Lipinski definition) is 1. The second-order valence-corrected chi connectivity index (χ2v) is 5.52. The van der Waals surface area contributed by atoms with Crippen LogP contribution >= 0.6 is 11.3 Å². The van der Waals surface area contributed by atoms with Gasteiger partial charge in [-0.3, -0.25) is 4.57 Å². The first kappa shape index (κ1) is 14.3. The Balaban J connectivity index is 1.86. The second-order valence-electron chi connectivity index (χ2n) is 4.58. The molecule has 3 rings (SSSR count). The molecule has 0 aliphatic heterocycles. The highest BCUT2D eigenvalue weighted by atomic mass is 32.1. The summed E-state index contributed by atoms with van der Waals surface area (Å²) >= 11 is 1.43. The van der Waals surface area contributed by atoms with Crippen molar-refractivity contribution in [1.29, 1.82) is 0 Å². The number of nitrogens with one attached hydrogen (secondary N) is 1. The molecule has 2 aromatic heterocycles. The molecule has 0 atom stereocenters. The molecule has 1 aromatic carbocycles. The lowest BCUT2D eigenvalue weighted by molar-refractivity contribution is 0.170. The molecule has 0 radical (unpaired) electrons. The zero-order valence-corrected chi connectivity index (χ0v) is 12.8. The largest absolute Gasteiger partial charge is 0.453 e. The molecule has 0 unspecified atom stereocenters. The Hall–Kier alpha value is -2.61. The molecule has 0 aliphatic carbocycles. The maximum atomic E-state index is 11.5. The fraction of sp³-hybridized carbons (Fsp3) is 0.214. The van der Waals surface area contributed by atoms with Crippen molar-refractivity contribution in [1.82, 2.24) is 14.9 Å². The van der Waals surface area contributed by atoms with Crippen molar-refractivity contribution >= 4 is 28.5 Å². The lowest BCUT2D eigenvalue weighted by atomic mass is 10.1. The predicted octanol–water partition coefficient (Wildman–Crippen LogP) is 2.11. The van der Waals surface area contributed by atoms with Crippen LogP contribution in [0.25, 0.3) is 22.4 Å². The monoisotopic (exact) mass is 319 g/mol. The Morgan fingerprint density at radius 2 is 2.32 bits per heavy atom. The summed E-state index contributed by atoms with van der Waals surface area (Å²) in [5.74, 6) is -0.395. The summed E-state index contributed by atoms with van der Waals surface area (Å²) in [7, 11) is 2.97. The molecule has 1 N–H and O–H groups in total. The standard InChI is InChI=1S/C14H13N3O4S/c1-17-10-4-3-8(5-11(10)21-14(17)19)9-7-22-12(16-9)6-15-13(18)20-2/h3-5,7H,6H2,1-2H3,(H,15,18). The molecule has 0 spiro atoms. The van der Waals surface area contributed by atoms with Gasteiger partial charge in [0.05, 0.1) is 24.9 Å². The fourth-order valence-electron chi connectivity index (χ4n) is 2.04. The number of ether oxygens (including phenoxy) is 1. The number of methoxy groups -OCH3 is 1. The number of amides is 1. The van der Waals surface area contributed by atoms with Gasteiger partial charge >= 0.3 is 11.8 Å². The van der Waals surface area contributed by atoms with Crippen LogP contribution in [0.2, 0.25) is 0 Å². The molecule has 0 bridgehead atoms. The molecule has 8 heteroatoms. The first-order valence-corrected chi connectivity index (χ1v) is 7.32. The summed E-state index contributed by atoms with van der Waals surface area (Å²) in [4.78, 5) is 27.0. The van der Waals surface area contributed by atoms with Gasteiger partial charge in [-0.05, 0) is 12.1 Å². The molecule has 1 amide bonds. The number of aromatic nitrogens is 2. The highest BCUT2D eigenvalue weighted by Gasteiger charge is 2.10. The van der Waals surface area contributed by atoms with Crippen molar-refractivity contribution < 1.29 is 13.9 Å². The van der Waals surface area contributed by atoms with Gasteiger partial charge in [0, 0.05) is 18.0 Å². The van der Waals surface area contributed by atoms with Crippen molar-refractivity contribution in [3.63, 3.8) is 0 Å². The molecule has 0 saturated carbocycles. The molecular formula is C14H13N3O4S. The predicted molar refractivity (Wildman–Crippen MR) is 81.8 cm³/mol. The topological polar surface area (TPSA) is 86.4 Å². The van der Waals surface area contributed by atoms with E-state index in [1.165, 1.54) is 23.0 Å². The maximum absolute atomic E-state index is 11.5. The molecule has 3 aromatic rings. The van der Waals surface area contributed by atoms with E-state index in [0.717, 1.165) is 21.8 Å². The van der Waals surface area contributed by atoms with Gasteiger partial charge in [0.25, 0.3) is 0 Å². The summed E-state index contributed by atoms with van der Waals surface area (Å²) in [6.45, 7) is 0.306. The highest BCUT2D eigenvalue weighted by molar-refractivity contribution is 7.09. The van der Waals surface area contributed by atoms with Gasteiger partial charge in [0.15, 0.2) is 5.58 Å². The van der Waals surface area contributed by atoms with E-state index >= 15 is 0 Å². The molecular weight excluding hydrogens is 306 g/mol. The second kappa shape index (κ2) is 5.64. The zero-order chi connectivity index (χ0) is 15.7. The van der Waals surface area contributed by atoms with Gasteiger partial charge in [0.2, 0.25) is 0 Å². The van der Waals surface area contributed by atoms with E-state index < -0.39 is 11.8 Å². The van der Waals surface area contributed by atoms with Crippen LogP contribution < -0.4 is 11.1 Å². The van der Waals surface area contributed by atoms with E-state index in [0.29, 0.717) is 12.1 Å². The van der Waals surface area contributed by atoms with Crippen LogP contribution in [0.5, 0.6) is 0 Å². The van der Waals surface area contributed by atoms with Crippen LogP contribution in [0, 0.1) is 0 Å². The summed E-state index contributed by atoms with van der Waals surface area (Å²) < 4.78 is 11.1. The number of alkyl carbamates (subject to hydrolysis) is 1. The summed E-state index contributed by atoms with van der Waals surface area (Å²) in [6.07, 6.45) is -0.496. The smallest absolute Gasteiger partial charge is 0.419 e. The number of carbonyl (C=O) groups is 1. The van der Waals surface area contributed by atoms with Gasteiger partial charge in [-0.1, -0.05) is 6.07 Å². The Labute approximate surface area is 129 Å². The van der Waals surface area contributed by atoms with Crippen molar-refractivity contribution in [2.24, 2.45) is 7.05 Å². The number of benzene rings is 1. The van der Waals surface area contributed by atoms with Crippen LogP contribution in [0.15, 0.2) is 32.8 Å². The Morgan fingerprint density at radius 3 is 3.09 bits per heavy atom. The molecule has 22 heavy (non-hydrogen) atoms. The van der Waals surface area contributed by atoms with E-state index in [2.05, 4.69) is 15.0 Å². The van der Waals surface area contributed by atoms with Crippen LogP contribution in [-0.2, 0) is 18.3 Å². The number of aryl methyl sites for hydroxylation is 1. The minimum atomic E-state index is -0.496. The Kier molecular flexibility index (Phi) is 3.68. The van der Waals surface area contributed by atoms with E-state index in [4.69, 9.17) is 4.42 Å². The third-order valence-electron chi connectivity index (χ3n) is 3.21. The number of fused-ring (bicyclic) bond motifs is 1. The van der Waals surface area contributed by atoms with Crippen molar-refractivity contribution in [2.75, 3.05) is 7.11 Å². The van der Waals surface area contributed by atoms with Gasteiger partial charge in [-0.15, -0.1) is 11.3 Å². The normalized spacial score (nSPS) is 10.8. The third kappa shape index (κ3) is 2.60. The van der Waals surface area contributed by atoms with Gasteiger partial charge in [-0.2, -0.15) is 0 Å². The van der Waals surface area contributed by atoms with Crippen LogP contribution in [0.4, 0.5) is 4.79 Å². The molecule has 114 valence electrons. The van der Waals surface area contributed by atoms with Gasteiger partial charge in [0.1, 0.15) is 5.01 Å². The molecule has 2 heterocycles. The van der Waals surface area contributed by atoms with E-state index in [-0.39, 0.29) is 0 Å². The van der Waals surface area contributed by atoms with Crippen molar-refractivity contribution in [2.45, 2.75) is 6.54 Å². The Bertz CT molecular complexity index is 893.